The summed E-state index contributed by atoms with van der Waals surface area (Å²) < 4.78 is 53.0. The van der Waals surface area contributed by atoms with Crippen LogP contribution in [-0.4, -0.2) is 39.0 Å². The minimum atomic E-state index is -1.27. The van der Waals surface area contributed by atoms with Crippen molar-refractivity contribution in [3.63, 3.8) is 0 Å². The summed E-state index contributed by atoms with van der Waals surface area (Å²) in [6.07, 6.45) is 0.451. The van der Waals surface area contributed by atoms with Gasteiger partial charge in [0.2, 0.25) is 11.5 Å². The number of fused-ring (bicyclic) bond motifs is 2. The molecule has 10 heteroatoms. The summed E-state index contributed by atoms with van der Waals surface area (Å²) in [6, 6.07) is 22.6. The summed E-state index contributed by atoms with van der Waals surface area (Å²) in [5.74, 6) is -3.98. The molecule has 0 aliphatic rings. The van der Waals surface area contributed by atoms with Gasteiger partial charge in [-0.15, -0.1) is 0 Å². The Morgan fingerprint density at radius 2 is 0.978 bits per heavy atom. The quantitative estimate of drug-likeness (QED) is 0.129. The van der Waals surface area contributed by atoms with Crippen LogP contribution in [0.25, 0.3) is 21.5 Å². The summed E-state index contributed by atoms with van der Waals surface area (Å²) >= 11 is 0. The molecule has 0 spiro atoms. The third kappa shape index (κ3) is 6.54. The zero-order chi connectivity index (χ0) is 32.8. The molecule has 0 unspecified atom stereocenters. The van der Waals surface area contributed by atoms with E-state index in [1.165, 1.54) is 38.5 Å². The third-order valence-electron chi connectivity index (χ3n) is 7.29. The molecule has 0 N–H and O–H groups in total. The molecule has 5 aromatic rings. The first kappa shape index (κ1) is 31.7. The number of rotatable bonds is 12. The smallest absolute Gasteiger partial charge is 0.210 e. The lowest BCUT2D eigenvalue weighted by Crippen LogP contribution is -2.04. The van der Waals surface area contributed by atoms with Crippen LogP contribution in [0.2, 0.25) is 0 Å². The van der Waals surface area contributed by atoms with Crippen LogP contribution in [-0.2, 0) is 9.47 Å². The molecule has 46 heavy (non-hydrogen) atoms. The molecule has 0 atom stereocenters. The van der Waals surface area contributed by atoms with Gasteiger partial charge in [-0.1, -0.05) is 36.4 Å². The Bertz CT molecular complexity index is 1930. The number of nitrogens with zero attached hydrogens (tertiary/aromatic N) is 2. The first-order chi connectivity index (χ1) is 22.3. The number of hydrogen-bond acceptors (Lipinski definition) is 8. The third-order valence-corrected chi connectivity index (χ3v) is 7.29. The number of hydrogen-bond donors (Lipinski definition) is 0. The van der Waals surface area contributed by atoms with Gasteiger partial charge in [0.05, 0.1) is 13.2 Å². The van der Waals surface area contributed by atoms with Crippen molar-refractivity contribution in [1.29, 1.82) is 10.5 Å². The molecule has 0 fully saturated rings. The lowest BCUT2D eigenvalue weighted by molar-refractivity contribution is 0.0924. The Hall–Kier alpha value is -5.68. The second kappa shape index (κ2) is 14.0. The van der Waals surface area contributed by atoms with Crippen molar-refractivity contribution < 1.29 is 37.3 Å². The van der Waals surface area contributed by atoms with E-state index in [2.05, 4.69) is 0 Å². The van der Waals surface area contributed by atoms with Crippen molar-refractivity contribution >= 4 is 33.1 Å². The van der Waals surface area contributed by atoms with E-state index < -0.39 is 34.3 Å². The van der Waals surface area contributed by atoms with Crippen LogP contribution in [0.5, 0.6) is 23.0 Å². The second-order valence-electron chi connectivity index (χ2n) is 10.2. The van der Waals surface area contributed by atoms with Crippen molar-refractivity contribution in [3.8, 4) is 35.1 Å². The number of halogens is 2. The number of carbonyl (C=O) groups excluding carboxylic acids is 2. The Labute approximate surface area is 262 Å². The van der Waals surface area contributed by atoms with E-state index in [4.69, 9.17) is 18.9 Å². The molecule has 0 saturated carbocycles. The Morgan fingerprint density at radius 1 is 0.609 bits per heavy atom. The maximum absolute atomic E-state index is 15.7. The summed E-state index contributed by atoms with van der Waals surface area (Å²) in [5.41, 5.74) is -0.660. The second-order valence-corrected chi connectivity index (χ2v) is 10.2. The largest absolute Gasteiger partial charge is 0.450 e. The predicted octanol–water partition coefficient (Wildman–Crippen LogP) is 8.04. The fraction of sp³-hybridized carbons (Fsp3) is 0.167. The van der Waals surface area contributed by atoms with E-state index in [0.29, 0.717) is 45.9 Å². The lowest BCUT2D eigenvalue weighted by atomic mass is 10.0. The average molecular weight is 621 g/mol. The highest BCUT2D eigenvalue weighted by Gasteiger charge is 2.29. The van der Waals surface area contributed by atoms with Gasteiger partial charge in [-0.2, -0.15) is 10.5 Å². The van der Waals surface area contributed by atoms with Gasteiger partial charge in [0.15, 0.2) is 23.2 Å². The first-order valence-corrected chi connectivity index (χ1v) is 14.1. The highest BCUT2D eigenvalue weighted by Crippen LogP contribution is 2.43. The number of carbonyl (C=O) groups is 2. The lowest BCUT2D eigenvalue weighted by Gasteiger charge is -2.16. The van der Waals surface area contributed by atoms with Gasteiger partial charge in [0.1, 0.15) is 34.8 Å². The van der Waals surface area contributed by atoms with E-state index in [0.717, 1.165) is 0 Å². The van der Waals surface area contributed by atoms with Gasteiger partial charge in [-0.25, -0.2) is 8.78 Å². The molecule has 0 aromatic heterocycles. The number of benzene rings is 5. The highest BCUT2D eigenvalue weighted by atomic mass is 19.1. The van der Waals surface area contributed by atoms with Crippen LogP contribution in [0.15, 0.2) is 72.8 Å². The Kier molecular flexibility index (Phi) is 9.63. The molecule has 0 aliphatic carbocycles. The summed E-state index contributed by atoms with van der Waals surface area (Å²) in [5, 5.41) is 21.8. The molecule has 8 nitrogen and oxygen atoms in total. The SMILES string of the molecule is COCCC(=O)c1ccc2cc(Oc3c(F)c(C#N)c(C#N)c(F)c3Oc3ccc4cc(C(=O)CCOC)ccc4c3)ccc2c1. The predicted molar refractivity (Wildman–Crippen MR) is 165 cm³/mol. The van der Waals surface area contributed by atoms with E-state index in [-0.39, 0.29) is 35.9 Å². The van der Waals surface area contributed by atoms with Gasteiger partial charge in [-0.05, 0) is 57.9 Å². The maximum Gasteiger partial charge on any atom is 0.210 e. The fourth-order valence-corrected chi connectivity index (χ4v) is 4.87. The van der Waals surface area contributed by atoms with Crippen molar-refractivity contribution in [2.75, 3.05) is 27.4 Å². The standard InChI is InChI=1S/C36H26F2N2O6/c1-43-13-11-31(41)25-5-3-23-17-27(9-7-21(23)15-25)45-35-33(37)29(19-39)30(20-40)34(38)36(35)46-28-10-8-22-16-26(6-4-24(22)18-28)32(42)12-14-44-2/h3-10,15-18H,11-14H2,1-2H3. The molecule has 230 valence electrons. The number of ketones is 2. The van der Waals surface area contributed by atoms with Crippen LogP contribution < -0.4 is 9.47 Å². The van der Waals surface area contributed by atoms with E-state index in [1.807, 2.05) is 0 Å². The summed E-state index contributed by atoms with van der Waals surface area (Å²) in [4.78, 5) is 24.8. The number of methoxy groups -OCH3 is 2. The van der Waals surface area contributed by atoms with Crippen LogP contribution in [0, 0.1) is 34.3 Å². The van der Waals surface area contributed by atoms with Gasteiger partial charge >= 0.3 is 0 Å². The maximum atomic E-state index is 15.7. The molecule has 0 radical (unpaired) electrons. The number of ether oxygens (including phenoxy) is 4. The first-order valence-electron chi connectivity index (χ1n) is 14.1. The van der Waals surface area contributed by atoms with Gasteiger partial charge < -0.3 is 18.9 Å². The van der Waals surface area contributed by atoms with E-state index in [1.54, 1.807) is 60.7 Å². The van der Waals surface area contributed by atoms with Crippen molar-refractivity contribution in [1.82, 2.24) is 0 Å². The van der Waals surface area contributed by atoms with Crippen molar-refractivity contribution in [2.45, 2.75) is 12.8 Å². The zero-order valence-electron chi connectivity index (χ0n) is 24.9. The number of nitriles is 2. The van der Waals surface area contributed by atoms with Gasteiger partial charge in [0.25, 0.3) is 0 Å². The van der Waals surface area contributed by atoms with E-state index in [9.17, 15) is 20.1 Å². The Morgan fingerprint density at radius 3 is 1.35 bits per heavy atom. The van der Waals surface area contributed by atoms with Crippen LogP contribution in [0.1, 0.15) is 44.7 Å². The minimum absolute atomic E-state index is 0.0882. The molecule has 0 aliphatic heterocycles. The fourth-order valence-electron chi connectivity index (χ4n) is 4.87. The molecule has 5 rings (SSSR count). The summed E-state index contributed by atoms with van der Waals surface area (Å²) in [7, 11) is 3.03. The van der Waals surface area contributed by atoms with Gasteiger partial charge in [0, 0.05) is 38.2 Å². The zero-order valence-corrected chi connectivity index (χ0v) is 24.9. The van der Waals surface area contributed by atoms with Crippen LogP contribution >= 0.6 is 0 Å². The molecular weight excluding hydrogens is 594 g/mol. The average Bonchev–Trinajstić information content (AvgIpc) is 3.08. The molecule has 0 bridgehead atoms. The number of Topliss-reactive ketones (excluding diaryl/α,β-unsaturated/α-hetero) is 2. The molecule has 5 aromatic carbocycles. The van der Waals surface area contributed by atoms with E-state index >= 15 is 8.78 Å². The van der Waals surface area contributed by atoms with Crippen LogP contribution in [0.3, 0.4) is 0 Å². The monoisotopic (exact) mass is 620 g/mol. The van der Waals surface area contributed by atoms with Crippen LogP contribution in [0.4, 0.5) is 8.78 Å². The van der Waals surface area contributed by atoms with Gasteiger partial charge in [-0.3, -0.25) is 9.59 Å². The topological polar surface area (TPSA) is 119 Å². The molecule has 0 amide bonds. The summed E-state index contributed by atoms with van der Waals surface area (Å²) in [6.45, 7) is 0.587. The molecule has 0 heterocycles. The van der Waals surface area contributed by atoms with Crippen molar-refractivity contribution in [3.05, 3.63) is 107 Å². The Balaban J connectivity index is 1.51. The molecule has 0 saturated heterocycles. The molecular formula is C36H26F2N2O6. The normalized spacial score (nSPS) is 10.8. The van der Waals surface area contributed by atoms with Crippen molar-refractivity contribution in [2.24, 2.45) is 0 Å². The minimum Gasteiger partial charge on any atom is -0.450 e. The highest BCUT2D eigenvalue weighted by molar-refractivity contribution is 6.01.